The fraction of sp³-hybridized carbons (Fsp3) is 0.632. The normalized spacial score (nSPS) is 12.1. The quantitative estimate of drug-likeness (QED) is 0.503. The summed E-state index contributed by atoms with van der Waals surface area (Å²) < 4.78 is 34.8. The van der Waals surface area contributed by atoms with Crippen molar-refractivity contribution in [3.8, 4) is 5.75 Å². The van der Waals surface area contributed by atoms with Crippen LogP contribution in [0.4, 0.5) is 0 Å². The molecule has 0 aromatic heterocycles. The number of carbonyl (C=O) groups is 1. The number of rotatable bonds is 8. The highest BCUT2D eigenvalue weighted by atomic mass is 32.2. The maximum atomic E-state index is 12.3. The monoisotopic (exact) mass is 370 g/mol. The van der Waals surface area contributed by atoms with Gasteiger partial charge in [-0.1, -0.05) is 53.7 Å². The summed E-state index contributed by atoms with van der Waals surface area (Å²) in [6.45, 7) is 13.9. The van der Waals surface area contributed by atoms with Crippen LogP contribution in [0.15, 0.2) is 12.1 Å². The minimum atomic E-state index is -4.08. The summed E-state index contributed by atoms with van der Waals surface area (Å²) in [6.07, 6.45) is 0. The topological polar surface area (TPSA) is 69.7 Å². The molecule has 0 unspecified atom stereocenters. The molecule has 0 saturated heterocycles. The van der Waals surface area contributed by atoms with E-state index in [0.717, 1.165) is 16.7 Å². The highest BCUT2D eigenvalue weighted by Crippen LogP contribution is 2.38. The van der Waals surface area contributed by atoms with Crippen LogP contribution >= 0.6 is 0 Å². The zero-order valence-corrected chi connectivity index (χ0v) is 17.1. The minimum Gasteiger partial charge on any atom is -0.465 e. The minimum absolute atomic E-state index is 0.0870. The van der Waals surface area contributed by atoms with E-state index >= 15 is 0 Å². The van der Waals surface area contributed by atoms with Crippen LogP contribution in [0.5, 0.6) is 5.75 Å². The molecule has 25 heavy (non-hydrogen) atoms. The standard InChI is InChI=1S/C19H30O5S/c1-8-23-18(20)11-25(21,22)24-19-16(13(4)5)9-15(12(2)3)10-17(19)14(6)7/h9-10,12-14H,8,11H2,1-7H3. The molecule has 1 rings (SSSR count). The Morgan fingerprint density at radius 2 is 1.44 bits per heavy atom. The van der Waals surface area contributed by atoms with Crippen LogP contribution in [0.1, 0.15) is 82.9 Å². The predicted molar refractivity (Wildman–Crippen MR) is 99.8 cm³/mol. The Morgan fingerprint density at radius 1 is 0.960 bits per heavy atom. The SMILES string of the molecule is CCOC(=O)CS(=O)(=O)Oc1c(C(C)C)cc(C(C)C)cc1C(C)C. The van der Waals surface area contributed by atoms with Crippen molar-refractivity contribution in [3.05, 3.63) is 28.8 Å². The molecule has 0 aliphatic carbocycles. The van der Waals surface area contributed by atoms with Crippen LogP contribution < -0.4 is 4.18 Å². The molecule has 0 bridgehead atoms. The summed E-state index contributed by atoms with van der Waals surface area (Å²) in [6, 6.07) is 3.99. The molecule has 1 aromatic rings. The van der Waals surface area contributed by atoms with Gasteiger partial charge in [0.2, 0.25) is 0 Å². The number of ether oxygens (including phenoxy) is 1. The molecule has 0 saturated carbocycles. The lowest BCUT2D eigenvalue weighted by Gasteiger charge is -2.22. The second-order valence-electron chi connectivity index (χ2n) is 7.08. The van der Waals surface area contributed by atoms with Gasteiger partial charge in [0.25, 0.3) is 0 Å². The van der Waals surface area contributed by atoms with Crippen molar-refractivity contribution in [3.63, 3.8) is 0 Å². The predicted octanol–water partition coefficient (Wildman–Crippen LogP) is 4.33. The summed E-state index contributed by atoms with van der Waals surface area (Å²) in [5.74, 6) is -0.757. The zero-order chi connectivity index (χ0) is 19.4. The van der Waals surface area contributed by atoms with Crippen molar-refractivity contribution < 1.29 is 22.1 Å². The van der Waals surface area contributed by atoms with Gasteiger partial charge in [0.05, 0.1) is 6.61 Å². The highest BCUT2D eigenvalue weighted by molar-refractivity contribution is 7.87. The molecule has 0 amide bonds. The zero-order valence-electron chi connectivity index (χ0n) is 16.3. The van der Waals surface area contributed by atoms with Gasteiger partial charge in [-0.2, -0.15) is 8.42 Å². The van der Waals surface area contributed by atoms with E-state index in [4.69, 9.17) is 8.92 Å². The van der Waals surface area contributed by atoms with Crippen molar-refractivity contribution in [2.24, 2.45) is 0 Å². The van der Waals surface area contributed by atoms with Crippen LogP contribution in [0.2, 0.25) is 0 Å². The van der Waals surface area contributed by atoms with Gasteiger partial charge in [0.15, 0.2) is 5.75 Å². The fourth-order valence-corrected chi connectivity index (χ4v) is 3.37. The highest BCUT2D eigenvalue weighted by Gasteiger charge is 2.25. The lowest BCUT2D eigenvalue weighted by Crippen LogP contribution is -2.24. The van der Waals surface area contributed by atoms with Crippen molar-refractivity contribution in [1.29, 1.82) is 0 Å². The van der Waals surface area contributed by atoms with Gasteiger partial charge in [-0.15, -0.1) is 0 Å². The van der Waals surface area contributed by atoms with Gasteiger partial charge in [0, 0.05) is 0 Å². The van der Waals surface area contributed by atoms with E-state index in [0.29, 0.717) is 11.7 Å². The first-order valence-electron chi connectivity index (χ1n) is 8.74. The fourth-order valence-electron chi connectivity index (χ4n) is 2.49. The van der Waals surface area contributed by atoms with E-state index in [9.17, 15) is 13.2 Å². The van der Waals surface area contributed by atoms with E-state index in [-0.39, 0.29) is 18.4 Å². The van der Waals surface area contributed by atoms with E-state index in [2.05, 4.69) is 13.8 Å². The van der Waals surface area contributed by atoms with Crippen LogP contribution in [-0.4, -0.2) is 26.7 Å². The summed E-state index contributed by atoms with van der Waals surface area (Å²) in [7, 11) is -4.08. The molecule has 0 aliphatic heterocycles. The Balaban J connectivity index is 3.39. The molecule has 5 nitrogen and oxygen atoms in total. The molecule has 0 aliphatic rings. The van der Waals surface area contributed by atoms with Gasteiger partial charge in [-0.25, -0.2) is 0 Å². The molecule has 6 heteroatoms. The third kappa shape index (κ3) is 6.03. The smallest absolute Gasteiger partial charge is 0.324 e. The van der Waals surface area contributed by atoms with Gasteiger partial charge >= 0.3 is 16.1 Å². The van der Waals surface area contributed by atoms with Crippen molar-refractivity contribution in [2.45, 2.75) is 66.2 Å². The van der Waals surface area contributed by atoms with Crippen molar-refractivity contribution >= 4 is 16.1 Å². The molecule has 0 N–H and O–H groups in total. The maximum absolute atomic E-state index is 12.3. The van der Waals surface area contributed by atoms with Gasteiger partial charge in [-0.3, -0.25) is 4.79 Å². The molecule has 0 spiro atoms. The van der Waals surface area contributed by atoms with E-state index < -0.39 is 21.8 Å². The van der Waals surface area contributed by atoms with E-state index in [1.165, 1.54) is 0 Å². The summed E-state index contributed by atoms with van der Waals surface area (Å²) >= 11 is 0. The van der Waals surface area contributed by atoms with E-state index in [1.807, 2.05) is 39.8 Å². The lowest BCUT2D eigenvalue weighted by atomic mass is 9.88. The number of carbonyl (C=O) groups excluding carboxylic acids is 1. The molecule has 0 fully saturated rings. The number of hydrogen-bond acceptors (Lipinski definition) is 5. The van der Waals surface area contributed by atoms with E-state index in [1.54, 1.807) is 6.92 Å². The molecule has 1 aromatic carbocycles. The van der Waals surface area contributed by atoms with Gasteiger partial charge in [0.1, 0.15) is 5.75 Å². The summed E-state index contributed by atoms with van der Waals surface area (Å²) in [5, 5.41) is 0. The number of hydrogen-bond donors (Lipinski definition) is 0. The molecule has 142 valence electrons. The Labute approximate surface area is 151 Å². The molecule has 0 radical (unpaired) electrons. The number of esters is 1. The molecule has 0 heterocycles. The first-order chi connectivity index (χ1) is 11.5. The lowest BCUT2D eigenvalue weighted by molar-refractivity contribution is -0.140. The second-order valence-corrected chi connectivity index (χ2v) is 8.65. The molecular formula is C19H30O5S. The summed E-state index contributed by atoms with van der Waals surface area (Å²) in [5.41, 5.74) is 2.81. The van der Waals surface area contributed by atoms with Crippen LogP contribution in [0.25, 0.3) is 0 Å². The van der Waals surface area contributed by atoms with Crippen LogP contribution in [-0.2, 0) is 19.6 Å². The Kier molecular flexibility index (Phi) is 7.47. The van der Waals surface area contributed by atoms with Gasteiger partial charge < -0.3 is 8.92 Å². The Hall–Kier alpha value is -1.56. The molecular weight excluding hydrogens is 340 g/mol. The number of benzene rings is 1. The van der Waals surface area contributed by atoms with Gasteiger partial charge in [-0.05, 0) is 41.4 Å². The Morgan fingerprint density at radius 3 is 1.80 bits per heavy atom. The second kappa shape index (κ2) is 8.70. The first kappa shape index (κ1) is 21.5. The van der Waals surface area contributed by atoms with Crippen LogP contribution in [0, 0.1) is 0 Å². The third-order valence-electron chi connectivity index (χ3n) is 3.89. The summed E-state index contributed by atoms with van der Waals surface area (Å²) in [4.78, 5) is 11.5. The maximum Gasteiger partial charge on any atom is 0.324 e. The van der Waals surface area contributed by atoms with Crippen molar-refractivity contribution in [1.82, 2.24) is 0 Å². The molecule has 0 atom stereocenters. The average Bonchev–Trinajstić information content (AvgIpc) is 2.45. The average molecular weight is 371 g/mol. The Bertz CT molecular complexity index is 674. The first-order valence-corrected chi connectivity index (χ1v) is 10.3. The third-order valence-corrected chi connectivity index (χ3v) is 4.90. The van der Waals surface area contributed by atoms with Crippen molar-refractivity contribution in [2.75, 3.05) is 12.4 Å². The largest absolute Gasteiger partial charge is 0.465 e. The van der Waals surface area contributed by atoms with Crippen LogP contribution in [0.3, 0.4) is 0 Å².